The van der Waals surface area contributed by atoms with E-state index in [0.717, 1.165) is 12.3 Å². The van der Waals surface area contributed by atoms with Crippen molar-refractivity contribution < 1.29 is 32.0 Å². The van der Waals surface area contributed by atoms with E-state index < -0.39 is 41.0 Å². The highest BCUT2D eigenvalue weighted by Gasteiger charge is 2.61. The van der Waals surface area contributed by atoms with Crippen LogP contribution in [-0.2, 0) is 10.2 Å². The van der Waals surface area contributed by atoms with Crippen molar-refractivity contribution >= 4 is 34.0 Å². The van der Waals surface area contributed by atoms with Crippen molar-refractivity contribution in [1.82, 2.24) is 5.16 Å². The minimum Gasteiger partial charge on any atom is -0.373 e. The number of anilines is 1. The quantitative estimate of drug-likeness (QED) is 0.530. The van der Waals surface area contributed by atoms with Gasteiger partial charge in [-0.15, -0.1) is 0 Å². The zero-order valence-electron chi connectivity index (χ0n) is 16.8. The Hall–Kier alpha value is -2.98. The summed E-state index contributed by atoms with van der Waals surface area (Å²) in [6.45, 7) is 2.54. The highest BCUT2D eigenvalue weighted by molar-refractivity contribution is 6.30. The summed E-state index contributed by atoms with van der Waals surface area (Å²) in [5, 5.41) is 16.2. The fourth-order valence-corrected chi connectivity index (χ4v) is 3.59. The molecule has 0 saturated heterocycles. The third-order valence-electron chi connectivity index (χ3n) is 5.06. The molecule has 1 aromatic heterocycles. The van der Waals surface area contributed by atoms with Gasteiger partial charge >= 0.3 is 11.8 Å². The molecule has 0 radical (unpaired) electrons. The third kappa shape index (κ3) is 4.46. The van der Waals surface area contributed by atoms with E-state index in [9.17, 15) is 32.3 Å². The van der Waals surface area contributed by atoms with Crippen molar-refractivity contribution in [1.29, 1.82) is 0 Å². The Kier molecular flexibility index (Phi) is 6.05. The Labute approximate surface area is 183 Å². The molecule has 0 fully saturated rings. The number of hydrogen-bond donors (Lipinski definition) is 2. The van der Waals surface area contributed by atoms with Gasteiger partial charge in [-0.1, -0.05) is 36.7 Å². The van der Waals surface area contributed by atoms with Gasteiger partial charge in [0.25, 0.3) is 5.91 Å². The summed E-state index contributed by atoms with van der Waals surface area (Å²) in [6, 6.07) is 7.06. The number of carbonyl (C=O) groups is 1. The topological polar surface area (TPSA) is 92.4 Å². The predicted molar refractivity (Wildman–Crippen MR) is 109 cm³/mol. The highest BCUT2D eigenvalue weighted by atomic mass is 35.5. The SMILES string of the molecule is CC(C)(CC(O)(C(=O)Nc1ccc2c(=O)oncc2c1)C(F)(F)F)c1ccc(Cl)cc1F. The van der Waals surface area contributed by atoms with Crippen molar-refractivity contribution in [3.63, 3.8) is 0 Å². The lowest BCUT2D eigenvalue weighted by molar-refractivity contribution is -0.254. The second kappa shape index (κ2) is 8.18. The Balaban J connectivity index is 1.96. The van der Waals surface area contributed by atoms with Gasteiger partial charge in [0.05, 0.1) is 11.6 Å². The van der Waals surface area contributed by atoms with Gasteiger partial charge in [0.1, 0.15) is 5.82 Å². The van der Waals surface area contributed by atoms with Gasteiger partial charge in [0.15, 0.2) is 0 Å². The van der Waals surface area contributed by atoms with Gasteiger partial charge in [-0.05, 0) is 41.3 Å². The van der Waals surface area contributed by atoms with E-state index in [1.54, 1.807) is 0 Å². The van der Waals surface area contributed by atoms with Crippen molar-refractivity contribution in [3.8, 4) is 0 Å². The number of aromatic nitrogens is 1. The van der Waals surface area contributed by atoms with Crippen LogP contribution in [0.5, 0.6) is 0 Å². The van der Waals surface area contributed by atoms with Crippen molar-refractivity contribution in [3.05, 3.63) is 69.4 Å². The summed E-state index contributed by atoms with van der Waals surface area (Å²) >= 11 is 5.70. The molecule has 0 spiro atoms. The summed E-state index contributed by atoms with van der Waals surface area (Å²) in [5.74, 6) is -2.63. The predicted octanol–water partition coefficient (Wildman–Crippen LogP) is 4.58. The summed E-state index contributed by atoms with van der Waals surface area (Å²) in [6.07, 6.45) is -5.40. The third-order valence-corrected chi connectivity index (χ3v) is 5.29. The molecule has 0 saturated carbocycles. The number of amides is 1. The van der Waals surface area contributed by atoms with E-state index >= 15 is 0 Å². The first-order valence-corrected chi connectivity index (χ1v) is 9.57. The van der Waals surface area contributed by atoms with Gasteiger partial charge in [-0.2, -0.15) is 13.2 Å². The van der Waals surface area contributed by atoms with Crippen LogP contribution in [0.25, 0.3) is 10.8 Å². The van der Waals surface area contributed by atoms with Crippen molar-refractivity contribution in [2.45, 2.75) is 37.5 Å². The second-order valence-corrected chi connectivity index (χ2v) is 8.35. The zero-order chi connectivity index (χ0) is 23.9. The molecule has 0 bridgehead atoms. The Morgan fingerprint density at radius 2 is 1.88 bits per heavy atom. The molecular formula is C21H17ClF4N2O4. The molecule has 1 heterocycles. The number of aliphatic hydroxyl groups is 1. The van der Waals surface area contributed by atoms with E-state index in [-0.39, 0.29) is 27.0 Å². The highest BCUT2D eigenvalue weighted by Crippen LogP contribution is 2.42. The molecular weight excluding hydrogens is 456 g/mol. The molecule has 0 aliphatic rings. The van der Waals surface area contributed by atoms with Gasteiger partial charge in [-0.3, -0.25) is 4.79 Å². The van der Waals surface area contributed by atoms with Crippen LogP contribution in [0.3, 0.4) is 0 Å². The smallest absolute Gasteiger partial charge is 0.373 e. The van der Waals surface area contributed by atoms with Crippen LogP contribution >= 0.6 is 11.6 Å². The molecule has 1 atom stereocenters. The number of halogens is 5. The summed E-state index contributed by atoms with van der Waals surface area (Å²) in [7, 11) is 0. The standard InChI is InChI=1S/C21H17ClF4N2O4/c1-19(2,15-6-3-12(22)8-16(15)23)10-20(31,21(24,25)26)18(30)28-13-4-5-14-11(7-13)9-27-32-17(14)29/h3-9,31H,10H2,1-2H3,(H,28,30). The zero-order valence-corrected chi connectivity index (χ0v) is 17.5. The monoisotopic (exact) mass is 472 g/mol. The van der Waals surface area contributed by atoms with Crippen LogP contribution in [0.4, 0.5) is 23.2 Å². The Morgan fingerprint density at radius 1 is 1.19 bits per heavy atom. The largest absolute Gasteiger partial charge is 0.426 e. The average Bonchev–Trinajstić information content (AvgIpc) is 2.66. The molecule has 0 aliphatic carbocycles. The van der Waals surface area contributed by atoms with Gasteiger partial charge < -0.3 is 14.9 Å². The van der Waals surface area contributed by atoms with Crippen molar-refractivity contribution in [2.75, 3.05) is 5.32 Å². The molecule has 6 nitrogen and oxygen atoms in total. The number of carbonyl (C=O) groups excluding carboxylic acids is 1. The molecule has 1 amide bonds. The van der Waals surface area contributed by atoms with Crippen LogP contribution in [0.1, 0.15) is 25.8 Å². The fourth-order valence-electron chi connectivity index (χ4n) is 3.43. The minimum absolute atomic E-state index is 0.0470. The van der Waals surface area contributed by atoms with Crippen LogP contribution < -0.4 is 10.9 Å². The number of fused-ring (bicyclic) bond motifs is 1. The summed E-state index contributed by atoms with van der Waals surface area (Å²) < 4.78 is 60.5. The molecule has 2 N–H and O–H groups in total. The molecule has 170 valence electrons. The summed E-state index contributed by atoms with van der Waals surface area (Å²) in [4.78, 5) is 24.2. The number of alkyl halides is 3. The van der Waals surface area contributed by atoms with Crippen LogP contribution in [0.2, 0.25) is 5.02 Å². The number of rotatable bonds is 5. The lowest BCUT2D eigenvalue weighted by atomic mass is 9.74. The average molecular weight is 473 g/mol. The first-order valence-electron chi connectivity index (χ1n) is 9.19. The molecule has 32 heavy (non-hydrogen) atoms. The first-order chi connectivity index (χ1) is 14.7. The van der Waals surface area contributed by atoms with E-state index in [1.807, 2.05) is 5.32 Å². The van der Waals surface area contributed by atoms with Gasteiger partial charge in [-0.25, -0.2) is 9.18 Å². The Bertz CT molecular complexity index is 1240. The van der Waals surface area contributed by atoms with E-state index in [2.05, 4.69) is 9.68 Å². The Morgan fingerprint density at radius 3 is 2.50 bits per heavy atom. The number of nitrogens with one attached hydrogen (secondary N) is 1. The lowest BCUT2D eigenvalue weighted by Crippen LogP contribution is -2.57. The molecule has 1 unspecified atom stereocenters. The number of benzene rings is 2. The van der Waals surface area contributed by atoms with E-state index in [1.165, 1.54) is 44.2 Å². The van der Waals surface area contributed by atoms with Gasteiger partial charge in [0.2, 0.25) is 5.60 Å². The first kappa shape index (κ1) is 23.7. The maximum Gasteiger partial charge on any atom is 0.426 e. The maximum atomic E-state index is 14.4. The molecule has 11 heteroatoms. The van der Waals surface area contributed by atoms with Crippen molar-refractivity contribution in [2.24, 2.45) is 0 Å². The fraction of sp³-hybridized carbons (Fsp3) is 0.286. The lowest BCUT2D eigenvalue weighted by Gasteiger charge is -2.36. The van der Waals surface area contributed by atoms with E-state index in [4.69, 9.17) is 11.6 Å². The molecule has 0 aliphatic heterocycles. The molecule has 2 aromatic carbocycles. The van der Waals surface area contributed by atoms with Gasteiger partial charge in [0, 0.05) is 22.5 Å². The maximum absolute atomic E-state index is 14.4. The second-order valence-electron chi connectivity index (χ2n) is 7.91. The summed E-state index contributed by atoms with van der Waals surface area (Å²) in [5.41, 5.74) is -6.50. The number of nitrogens with zero attached hydrogens (tertiary/aromatic N) is 1. The van der Waals surface area contributed by atoms with Crippen LogP contribution in [0.15, 0.2) is 51.9 Å². The molecule has 3 rings (SSSR count). The van der Waals surface area contributed by atoms with Crippen LogP contribution in [0, 0.1) is 5.82 Å². The minimum atomic E-state index is -5.38. The van der Waals surface area contributed by atoms with Crippen LogP contribution in [-0.4, -0.2) is 27.9 Å². The molecule has 3 aromatic rings. The van der Waals surface area contributed by atoms with E-state index in [0.29, 0.717) is 0 Å². The number of hydrogen-bond acceptors (Lipinski definition) is 5. The normalized spacial score (nSPS) is 14.2.